The number of rotatable bonds is 4. The highest BCUT2D eigenvalue weighted by atomic mass is 35.5. The zero-order valence-electron chi connectivity index (χ0n) is 9.14. The molecular formula is C12H13ClF2O. The van der Waals surface area contributed by atoms with E-state index in [1.807, 2.05) is 0 Å². The lowest BCUT2D eigenvalue weighted by molar-refractivity contribution is -0.108. The first-order valence-electron chi connectivity index (χ1n) is 4.98. The van der Waals surface area contributed by atoms with Crippen LogP contribution in [0.3, 0.4) is 0 Å². The summed E-state index contributed by atoms with van der Waals surface area (Å²) < 4.78 is 26.8. The van der Waals surface area contributed by atoms with E-state index in [4.69, 9.17) is 11.6 Å². The number of halogens is 3. The van der Waals surface area contributed by atoms with Crippen molar-refractivity contribution in [3.63, 3.8) is 0 Å². The molecule has 16 heavy (non-hydrogen) atoms. The number of benzene rings is 1. The fraction of sp³-hybridized carbons (Fsp3) is 0.417. The van der Waals surface area contributed by atoms with E-state index in [-0.39, 0.29) is 22.9 Å². The van der Waals surface area contributed by atoms with Crippen molar-refractivity contribution in [3.8, 4) is 0 Å². The lowest BCUT2D eigenvalue weighted by Crippen LogP contribution is -2.13. The summed E-state index contributed by atoms with van der Waals surface area (Å²) in [5.41, 5.74) is 0.262. The van der Waals surface area contributed by atoms with Gasteiger partial charge in [-0.3, -0.25) is 0 Å². The van der Waals surface area contributed by atoms with E-state index in [9.17, 15) is 13.6 Å². The third kappa shape index (κ3) is 2.79. The van der Waals surface area contributed by atoms with Crippen LogP contribution in [0, 0.1) is 0 Å². The van der Waals surface area contributed by atoms with Crippen LogP contribution in [0.1, 0.15) is 37.3 Å². The van der Waals surface area contributed by atoms with Crippen molar-refractivity contribution in [2.75, 3.05) is 0 Å². The molecule has 0 amide bonds. The topological polar surface area (TPSA) is 17.1 Å². The lowest BCUT2D eigenvalue weighted by atomic mass is 9.91. The molecule has 4 heteroatoms. The second kappa shape index (κ2) is 4.91. The minimum Gasteiger partial charge on any atom is -0.303 e. The molecule has 1 atom stereocenters. The van der Waals surface area contributed by atoms with Crippen molar-refractivity contribution in [1.29, 1.82) is 0 Å². The Kier molecular flexibility index (Phi) is 4.03. The number of carbonyl (C=O) groups excluding carboxylic acids is 1. The summed E-state index contributed by atoms with van der Waals surface area (Å²) in [6, 6.07) is 4.65. The van der Waals surface area contributed by atoms with Crippen molar-refractivity contribution in [2.24, 2.45) is 0 Å². The third-order valence-electron chi connectivity index (χ3n) is 2.47. The van der Waals surface area contributed by atoms with E-state index in [2.05, 4.69) is 0 Å². The van der Waals surface area contributed by atoms with Gasteiger partial charge in [0, 0.05) is 18.9 Å². The van der Waals surface area contributed by atoms with Gasteiger partial charge in [-0.2, -0.15) is 0 Å². The van der Waals surface area contributed by atoms with Crippen molar-refractivity contribution in [1.82, 2.24) is 0 Å². The fourth-order valence-corrected chi connectivity index (χ4v) is 2.03. The molecule has 0 N–H and O–H groups in total. The number of alkyl halides is 2. The zero-order valence-corrected chi connectivity index (χ0v) is 9.89. The van der Waals surface area contributed by atoms with Crippen LogP contribution >= 0.6 is 11.6 Å². The molecule has 0 heterocycles. The minimum absolute atomic E-state index is 0.0442. The molecule has 0 aromatic heterocycles. The summed E-state index contributed by atoms with van der Waals surface area (Å²) in [5.74, 6) is -3.25. The Balaban J connectivity index is 3.28. The Morgan fingerprint density at radius 3 is 2.62 bits per heavy atom. The van der Waals surface area contributed by atoms with E-state index in [1.165, 1.54) is 6.07 Å². The van der Waals surface area contributed by atoms with Crippen LogP contribution in [0.25, 0.3) is 0 Å². The Hall–Kier alpha value is -0.960. The highest BCUT2D eigenvalue weighted by Crippen LogP contribution is 2.38. The molecule has 88 valence electrons. The summed E-state index contributed by atoms with van der Waals surface area (Å²) in [5, 5.41) is 0.0442. The van der Waals surface area contributed by atoms with Crippen LogP contribution in [0.4, 0.5) is 8.78 Å². The molecule has 0 aliphatic rings. The molecule has 0 bridgehead atoms. The molecule has 0 spiro atoms. The van der Waals surface area contributed by atoms with Crippen LogP contribution in [-0.2, 0) is 10.7 Å². The van der Waals surface area contributed by atoms with Gasteiger partial charge in [-0.1, -0.05) is 30.7 Å². The smallest absolute Gasteiger partial charge is 0.272 e. The third-order valence-corrected chi connectivity index (χ3v) is 2.78. The number of carbonyl (C=O) groups is 1. The second-order valence-corrected chi connectivity index (χ2v) is 4.30. The average molecular weight is 247 g/mol. The van der Waals surface area contributed by atoms with Gasteiger partial charge in [0.25, 0.3) is 5.92 Å². The summed E-state index contributed by atoms with van der Waals surface area (Å²) in [4.78, 5) is 10.4. The zero-order chi connectivity index (χ0) is 12.3. The van der Waals surface area contributed by atoms with E-state index < -0.39 is 5.92 Å². The number of hydrogen-bond acceptors (Lipinski definition) is 1. The van der Waals surface area contributed by atoms with Gasteiger partial charge in [-0.15, -0.1) is 0 Å². The molecule has 1 rings (SSSR count). The molecular weight excluding hydrogens is 234 g/mol. The summed E-state index contributed by atoms with van der Waals surface area (Å²) >= 11 is 5.79. The molecule has 0 radical (unpaired) electrons. The normalized spacial score (nSPS) is 13.6. The van der Waals surface area contributed by atoms with Gasteiger partial charge in [0.05, 0.1) is 5.02 Å². The van der Waals surface area contributed by atoms with Crippen molar-refractivity contribution < 1.29 is 13.6 Å². The van der Waals surface area contributed by atoms with Crippen molar-refractivity contribution in [3.05, 3.63) is 34.3 Å². The minimum atomic E-state index is -3.00. The average Bonchev–Trinajstić information content (AvgIpc) is 2.15. The van der Waals surface area contributed by atoms with Gasteiger partial charge in [-0.25, -0.2) is 8.78 Å². The summed E-state index contributed by atoms with van der Waals surface area (Å²) in [6.07, 6.45) is 0.937. The lowest BCUT2D eigenvalue weighted by Gasteiger charge is -2.20. The van der Waals surface area contributed by atoms with Gasteiger partial charge >= 0.3 is 0 Å². The van der Waals surface area contributed by atoms with Crippen molar-refractivity contribution >= 4 is 17.9 Å². The van der Waals surface area contributed by atoms with Crippen LogP contribution in [-0.4, -0.2) is 6.29 Å². The number of hydrogen-bond donors (Lipinski definition) is 0. The quantitative estimate of drug-likeness (QED) is 0.730. The van der Waals surface area contributed by atoms with Gasteiger partial charge in [-0.05, 0) is 17.5 Å². The SMILES string of the molecule is CC(CC=O)c1cccc(Cl)c1C(C)(F)F. The monoisotopic (exact) mass is 246 g/mol. The molecule has 1 aromatic carbocycles. The van der Waals surface area contributed by atoms with Crippen molar-refractivity contribution in [2.45, 2.75) is 32.1 Å². The molecule has 0 aliphatic heterocycles. The summed E-state index contributed by atoms with van der Waals surface area (Å²) in [7, 11) is 0. The van der Waals surface area contributed by atoms with Crippen LogP contribution in [0.2, 0.25) is 5.02 Å². The Morgan fingerprint density at radius 1 is 1.50 bits per heavy atom. The predicted molar refractivity (Wildman–Crippen MR) is 60.1 cm³/mol. The Bertz CT molecular complexity index is 385. The predicted octanol–water partition coefficient (Wildman–Crippen LogP) is 4.14. The maximum absolute atomic E-state index is 13.4. The molecule has 0 fully saturated rings. The number of aldehydes is 1. The van der Waals surface area contributed by atoms with Gasteiger partial charge in [0.15, 0.2) is 0 Å². The fourth-order valence-electron chi connectivity index (χ4n) is 1.69. The highest BCUT2D eigenvalue weighted by Gasteiger charge is 2.31. The second-order valence-electron chi connectivity index (χ2n) is 3.90. The standard InChI is InChI=1S/C12H13ClF2O/c1-8(6-7-16)9-4-3-5-10(13)11(9)12(2,14)15/h3-5,7-8H,6H2,1-2H3. The molecule has 1 unspecified atom stereocenters. The first kappa shape index (κ1) is 13.1. The maximum Gasteiger partial charge on any atom is 0.272 e. The summed E-state index contributed by atoms with van der Waals surface area (Å²) in [6.45, 7) is 2.54. The molecule has 1 aromatic rings. The molecule has 0 aliphatic carbocycles. The van der Waals surface area contributed by atoms with E-state index in [0.717, 1.165) is 13.2 Å². The molecule has 0 saturated heterocycles. The molecule has 1 nitrogen and oxygen atoms in total. The van der Waals surface area contributed by atoms with Crippen LogP contribution in [0.5, 0.6) is 0 Å². The first-order valence-corrected chi connectivity index (χ1v) is 5.36. The van der Waals surface area contributed by atoms with E-state index >= 15 is 0 Å². The van der Waals surface area contributed by atoms with Crippen LogP contribution < -0.4 is 0 Å². The largest absolute Gasteiger partial charge is 0.303 e. The van der Waals surface area contributed by atoms with Gasteiger partial charge < -0.3 is 4.79 Å². The Labute approximate surface area is 98.4 Å². The van der Waals surface area contributed by atoms with E-state index in [0.29, 0.717) is 5.56 Å². The van der Waals surface area contributed by atoms with Gasteiger partial charge in [0.2, 0.25) is 0 Å². The van der Waals surface area contributed by atoms with Crippen LogP contribution in [0.15, 0.2) is 18.2 Å². The molecule has 0 saturated carbocycles. The van der Waals surface area contributed by atoms with Gasteiger partial charge in [0.1, 0.15) is 6.29 Å². The van der Waals surface area contributed by atoms with E-state index in [1.54, 1.807) is 19.1 Å². The first-order chi connectivity index (χ1) is 7.38. The highest BCUT2D eigenvalue weighted by molar-refractivity contribution is 6.31. The maximum atomic E-state index is 13.4. The Morgan fingerprint density at radius 2 is 2.12 bits per heavy atom.